The molecule has 178 valence electrons. The summed E-state index contributed by atoms with van der Waals surface area (Å²) in [5, 5.41) is 1.02. The number of carbonyl (C=O) groups excluding carboxylic acids is 2. The molecular formula is C27H32N4O3. The fourth-order valence-corrected chi connectivity index (χ4v) is 5.67. The zero-order valence-corrected chi connectivity index (χ0v) is 20.0. The Morgan fingerprint density at radius 3 is 2.65 bits per heavy atom. The molecule has 0 radical (unpaired) electrons. The predicted octanol–water partition coefficient (Wildman–Crippen LogP) is 4.36. The molecule has 2 aromatic carbocycles. The number of carbonyl (C=O) groups is 2. The van der Waals surface area contributed by atoms with E-state index in [0.29, 0.717) is 6.42 Å². The maximum atomic E-state index is 14.0. The van der Waals surface area contributed by atoms with Crippen LogP contribution in [-0.2, 0) is 11.2 Å². The number of amides is 3. The summed E-state index contributed by atoms with van der Waals surface area (Å²) < 4.78 is 5.48. The number of unbranched alkanes of at least 4 members (excludes halogenated alkanes) is 1. The van der Waals surface area contributed by atoms with Gasteiger partial charge in [-0.05, 0) is 42.7 Å². The number of H-pyrrole nitrogens is 1. The molecule has 3 atom stereocenters. The lowest BCUT2D eigenvalue weighted by Gasteiger charge is -2.42. The van der Waals surface area contributed by atoms with Crippen LogP contribution in [0.5, 0.6) is 5.75 Å². The number of rotatable bonds is 7. The highest BCUT2D eigenvalue weighted by Crippen LogP contribution is 2.49. The molecular weight excluding hydrogens is 428 g/mol. The maximum absolute atomic E-state index is 14.0. The van der Waals surface area contributed by atoms with Gasteiger partial charge >= 0.3 is 6.03 Å². The van der Waals surface area contributed by atoms with Crippen LogP contribution in [0.2, 0.25) is 0 Å². The lowest BCUT2D eigenvalue weighted by molar-refractivity contribution is -0.134. The quantitative estimate of drug-likeness (QED) is 0.513. The first-order valence-electron chi connectivity index (χ1n) is 12.0. The summed E-state index contributed by atoms with van der Waals surface area (Å²) in [7, 11) is 1.65. The summed E-state index contributed by atoms with van der Waals surface area (Å²) in [6.07, 6.45) is 3.06. The molecule has 34 heavy (non-hydrogen) atoms. The molecule has 2 aliphatic rings. The average molecular weight is 461 g/mol. The van der Waals surface area contributed by atoms with Crippen LogP contribution in [0.15, 0.2) is 48.5 Å². The minimum absolute atomic E-state index is 0.159. The van der Waals surface area contributed by atoms with Crippen LogP contribution in [0.4, 0.5) is 4.79 Å². The molecule has 3 amide bonds. The van der Waals surface area contributed by atoms with Crippen molar-refractivity contribution < 1.29 is 14.3 Å². The molecule has 0 spiro atoms. The van der Waals surface area contributed by atoms with Gasteiger partial charge in [-0.2, -0.15) is 0 Å². The normalized spacial score (nSPS) is 22.8. The van der Waals surface area contributed by atoms with Crippen molar-refractivity contribution in [2.45, 2.75) is 57.2 Å². The van der Waals surface area contributed by atoms with Crippen LogP contribution in [0.25, 0.3) is 10.9 Å². The van der Waals surface area contributed by atoms with E-state index in [0.717, 1.165) is 52.7 Å². The molecule has 2 aliphatic heterocycles. The molecule has 0 bridgehead atoms. The number of methoxy groups -OCH3 is 1. The second kappa shape index (κ2) is 8.47. The van der Waals surface area contributed by atoms with Gasteiger partial charge in [-0.3, -0.25) is 14.6 Å². The van der Waals surface area contributed by atoms with E-state index >= 15 is 0 Å². The second-order valence-electron chi connectivity index (χ2n) is 9.55. The van der Waals surface area contributed by atoms with Crippen molar-refractivity contribution in [1.29, 1.82) is 0 Å². The SMILES string of the molecule is CCCCC(CN)N1C(=O)N2[C@H](c3ccccc3)c3[nH]c4ccc(OC)cc4c3C[C@@]2(C)C1=O. The topological polar surface area (TPSA) is 91.7 Å². The van der Waals surface area contributed by atoms with Crippen LogP contribution in [0, 0.1) is 0 Å². The summed E-state index contributed by atoms with van der Waals surface area (Å²) in [5.74, 6) is 0.601. The molecule has 3 N–H and O–H groups in total. The molecule has 1 unspecified atom stereocenters. The first kappa shape index (κ1) is 22.5. The number of benzene rings is 2. The number of nitrogens with one attached hydrogen (secondary N) is 1. The van der Waals surface area contributed by atoms with Crippen molar-refractivity contribution in [2.75, 3.05) is 13.7 Å². The molecule has 1 fully saturated rings. The molecule has 1 saturated heterocycles. The molecule has 0 aliphatic carbocycles. The molecule has 7 heteroatoms. The zero-order chi connectivity index (χ0) is 24.0. The average Bonchev–Trinajstić information content (AvgIpc) is 3.30. The number of hydrogen-bond donors (Lipinski definition) is 2. The predicted molar refractivity (Wildman–Crippen MR) is 132 cm³/mol. The van der Waals surface area contributed by atoms with Crippen LogP contribution >= 0.6 is 0 Å². The Balaban J connectivity index is 1.70. The number of nitrogens with zero attached hydrogens (tertiary/aromatic N) is 2. The fraction of sp³-hybridized carbons (Fsp3) is 0.407. The highest BCUT2D eigenvalue weighted by atomic mass is 16.5. The van der Waals surface area contributed by atoms with Gasteiger partial charge in [0.05, 0.1) is 13.2 Å². The van der Waals surface area contributed by atoms with Gasteiger partial charge in [-0.15, -0.1) is 0 Å². The Hall–Kier alpha value is -3.32. The first-order chi connectivity index (χ1) is 16.4. The molecule has 5 rings (SSSR count). The van der Waals surface area contributed by atoms with E-state index in [1.807, 2.05) is 55.5 Å². The van der Waals surface area contributed by atoms with Gasteiger partial charge in [0.15, 0.2) is 0 Å². The van der Waals surface area contributed by atoms with Crippen LogP contribution < -0.4 is 10.5 Å². The van der Waals surface area contributed by atoms with E-state index in [1.54, 1.807) is 12.0 Å². The number of aromatic amines is 1. The van der Waals surface area contributed by atoms with E-state index in [-0.39, 0.29) is 24.5 Å². The van der Waals surface area contributed by atoms with Crippen molar-refractivity contribution in [1.82, 2.24) is 14.8 Å². The minimum atomic E-state index is -0.998. The lowest BCUT2D eigenvalue weighted by Crippen LogP contribution is -2.53. The van der Waals surface area contributed by atoms with Crippen molar-refractivity contribution in [3.8, 4) is 5.75 Å². The number of ether oxygens (including phenoxy) is 1. The van der Waals surface area contributed by atoms with Crippen molar-refractivity contribution >= 4 is 22.8 Å². The van der Waals surface area contributed by atoms with E-state index < -0.39 is 11.6 Å². The summed E-state index contributed by atoms with van der Waals surface area (Å²) in [6, 6.07) is 14.9. The maximum Gasteiger partial charge on any atom is 0.328 e. The van der Waals surface area contributed by atoms with Crippen molar-refractivity contribution in [3.05, 3.63) is 65.4 Å². The van der Waals surface area contributed by atoms with Gasteiger partial charge in [0.25, 0.3) is 5.91 Å². The number of nitrogens with two attached hydrogens (primary N) is 1. The van der Waals surface area contributed by atoms with Gasteiger partial charge in [0, 0.05) is 29.6 Å². The number of hydrogen-bond acceptors (Lipinski definition) is 4. The highest BCUT2D eigenvalue weighted by molar-refractivity contribution is 6.08. The Morgan fingerprint density at radius 1 is 1.21 bits per heavy atom. The molecule has 3 heterocycles. The number of aromatic nitrogens is 1. The fourth-order valence-electron chi connectivity index (χ4n) is 5.67. The second-order valence-corrected chi connectivity index (χ2v) is 9.55. The smallest absolute Gasteiger partial charge is 0.328 e. The number of fused-ring (bicyclic) bond motifs is 4. The van der Waals surface area contributed by atoms with Crippen molar-refractivity contribution in [2.24, 2.45) is 5.73 Å². The van der Waals surface area contributed by atoms with Gasteiger partial charge < -0.3 is 15.5 Å². The standard InChI is InChI=1S/C27H32N4O3/c1-4-5-11-18(16-28)30-25(32)27(2)15-21-20-14-19(34-3)12-13-22(20)29-23(21)24(31(27)26(30)33)17-9-7-6-8-10-17/h6-10,12-14,18,24,29H,4-5,11,15-16,28H2,1-3H3/t18?,24-,27+/m1/s1. The lowest BCUT2D eigenvalue weighted by atomic mass is 9.81. The summed E-state index contributed by atoms with van der Waals surface area (Å²) in [6.45, 7) is 4.27. The summed E-state index contributed by atoms with van der Waals surface area (Å²) >= 11 is 0. The zero-order valence-electron chi connectivity index (χ0n) is 20.0. The van der Waals surface area contributed by atoms with Crippen LogP contribution in [0.1, 0.15) is 56.0 Å². The summed E-state index contributed by atoms with van der Waals surface area (Å²) in [5.41, 5.74) is 9.03. The van der Waals surface area contributed by atoms with Gasteiger partial charge in [0.1, 0.15) is 17.3 Å². The Morgan fingerprint density at radius 2 is 1.97 bits per heavy atom. The van der Waals surface area contributed by atoms with E-state index in [2.05, 4.69) is 11.9 Å². The Labute approximate surface area is 199 Å². The highest BCUT2D eigenvalue weighted by Gasteiger charge is 2.61. The number of imide groups is 1. The van der Waals surface area contributed by atoms with Gasteiger partial charge in [0.2, 0.25) is 0 Å². The van der Waals surface area contributed by atoms with Gasteiger partial charge in [-0.1, -0.05) is 50.1 Å². The summed E-state index contributed by atoms with van der Waals surface area (Å²) in [4.78, 5) is 34.7. The third-order valence-corrected chi connectivity index (χ3v) is 7.47. The van der Waals surface area contributed by atoms with E-state index in [9.17, 15) is 9.59 Å². The Bertz CT molecular complexity index is 1240. The number of urea groups is 1. The minimum Gasteiger partial charge on any atom is -0.497 e. The van der Waals surface area contributed by atoms with Crippen LogP contribution in [0.3, 0.4) is 0 Å². The molecule has 0 saturated carbocycles. The third-order valence-electron chi connectivity index (χ3n) is 7.47. The van der Waals surface area contributed by atoms with Gasteiger partial charge in [-0.25, -0.2) is 4.79 Å². The third kappa shape index (κ3) is 3.21. The van der Waals surface area contributed by atoms with Crippen molar-refractivity contribution in [3.63, 3.8) is 0 Å². The largest absolute Gasteiger partial charge is 0.497 e. The van der Waals surface area contributed by atoms with Crippen LogP contribution in [-0.4, -0.2) is 52.0 Å². The molecule has 1 aromatic heterocycles. The van der Waals surface area contributed by atoms with E-state index in [4.69, 9.17) is 10.5 Å². The molecule has 7 nitrogen and oxygen atoms in total. The molecule has 3 aromatic rings. The Kier molecular flexibility index (Phi) is 5.60. The first-order valence-corrected chi connectivity index (χ1v) is 12.0. The monoisotopic (exact) mass is 460 g/mol. The van der Waals surface area contributed by atoms with E-state index in [1.165, 1.54) is 4.90 Å².